The topological polar surface area (TPSA) is 51.2 Å². The van der Waals surface area contributed by atoms with Gasteiger partial charge in [-0.1, -0.05) is 31.5 Å². The molecule has 1 N–H and O–H groups in total. The van der Waals surface area contributed by atoms with Crippen LogP contribution in [0.2, 0.25) is 0 Å². The van der Waals surface area contributed by atoms with Crippen molar-refractivity contribution in [1.82, 2.24) is 4.98 Å². The van der Waals surface area contributed by atoms with Gasteiger partial charge in [-0.05, 0) is 60.4 Å². The molecule has 2 aromatic carbocycles. The third-order valence-corrected chi connectivity index (χ3v) is 6.59. The number of halogens is 4. The molecule has 9 heteroatoms. The number of anilines is 1. The Hall–Kier alpha value is -2.94. The van der Waals surface area contributed by atoms with Gasteiger partial charge in [-0.15, -0.1) is 0 Å². The molecule has 0 amide bonds. The Morgan fingerprint density at radius 3 is 2.64 bits per heavy atom. The number of hydrogen-bond acceptors (Lipinski definition) is 3. The standard InChI is InChI=1S/C24H22F4N2O2S/c1-2-4-15-13-16(24(26,27)28)7-9-18(15)19-11-12-32-21-14-17(8-10-20(19)21)33(31)30-23-6-3-5-22(25)29-23/h3,5-10,13-14,19H,2,4,11-12H2,1H3,(H,29,30). The first kappa shape index (κ1) is 23.2. The second-order valence-corrected chi connectivity index (χ2v) is 8.98. The van der Waals surface area contributed by atoms with Crippen LogP contribution in [0.3, 0.4) is 0 Å². The lowest BCUT2D eigenvalue weighted by Gasteiger charge is -2.28. The van der Waals surface area contributed by atoms with Gasteiger partial charge in [0, 0.05) is 11.5 Å². The molecular weight excluding hydrogens is 456 g/mol. The number of alkyl halides is 3. The minimum atomic E-state index is -4.39. The summed E-state index contributed by atoms with van der Waals surface area (Å²) in [6, 6.07) is 13.2. The fraction of sp³-hybridized carbons (Fsp3) is 0.292. The summed E-state index contributed by atoms with van der Waals surface area (Å²) in [5, 5.41) is 0. The van der Waals surface area contributed by atoms with Crippen molar-refractivity contribution in [3.8, 4) is 5.75 Å². The van der Waals surface area contributed by atoms with Gasteiger partial charge in [0.2, 0.25) is 5.95 Å². The summed E-state index contributed by atoms with van der Waals surface area (Å²) >= 11 is 0. The molecule has 2 atom stereocenters. The zero-order valence-corrected chi connectivity index (χ0v) is 18.6. The van der Waals surface area contributed by atoms with Crippen LogP contribution in [0.1, 0.15) is 47.9 Å². The van der Waals surface area contributed by atoms with Crippen molar-refractivity contribution in [2.45, 2.75) is 43.2 Å². The summed E-state index contributed by atoms with van der Waals surface area (Å²) in [6.45, 7) is 2.32. The largest absolute Gasteiger partial charge is 0.493 e. The number of hydrogen-bond donors (Lipinski definition) is 1. The van der Waals surface area contributed by atoms with Gasteiger partial charge in [0.1, 0.15) is 11.6 Å². The van der Waals surface area contributed by atoms with Gasteiger partial charge in [-0.25, -0.2) is 9.19 Å². The fourth-order valence-corrected chi connectivity index (χ4v) is 4.86. The highest BCUT2D eigenvalue weighted by Crippen LogP contribution is 2.42. The van der Waals surface area contributed by atoms with Crippen molar-refractivity contribution in [1.29, 1.82) is 0 Å². The first-order chi connectivity index (χ1) is 15.8. The monoisotopic (exact) mass is 478 g/mol. The lowest BCUT2D eigenvalue weighted by atomic mass is 9.82. The molecule has 2 heterocycles. The highest BCUT2D eigenvalue weighted by Gasteiger charge is 2.32. The molecule has 0 fully saturated rings. The Balaban J connectivity index is 1.64. The first-order valence-corrected chi connectivity index (χ1v) is 11.7. The average molecular weight is 479 g/mol. The van der Waals surface area contributed by atoms with Crippen molar-refractivity contribution < 1.29 is 26.5 Å². The maximum atomic E-state index is 13.3. The van der Waals surface area contributed by atoms with E-state index < -0.39 is 28.7 Å². The summed E-state index contributed by atoms with van der Waals surface area (Å²) in [5.41, 5.74) is 1.72. The van der Waals surface area contributed by atoms with Gasteiger partial charge < -0.3 is 4.74 Å². The van der Waals surface area contributed by atoms with Crippen molar-refractivity contribution in [3.63, 3.8) is 0 Å². The fourth-order valence-electron chi connectivity index (χ4n) is 4.04. The summed E-state index contributed by atoms with van der Waals surface area (Å²) in [6.07, 6.45) is -2.50. The van der Waals surface area contributed by atoms with Crippen LogP contribution >= 0.6 is 0 Å². The predicted molar refractivity (Wildman–Crippen MR) is 118 cm³/mol. The molecule has 1 aliphatic rings. The quantitative estimate of drug-likeness (QED) is 0.337. The second kappa shape index (κ2) is 9.51. The van der Waals surface area contributed by atoms with Gasteiger partial charge in [-0.3, -0.25) is 4.72 Å². The molecule has 0 aliphatic carbocycles. The van der Waals surface area contributed by atoms with E-state index in [0.29, 0.717) is 35.7 Å². The first-order valence-electron chi connectivity index (χ1n) is 10.5. The molecule has 0 radical (unpaired) electrons. The van der Waals surface area contributed by atoms with Crippen LogP contribution in [0, 0.1) is 5.95 Å². The van der Waals surface area contributed by atoms with Crippen LogP contribution in [-0.2, 0) is 23.6 Å². The summed E-state index contributed by atoms with van der Waals surface area (Å²) in [7, 11) is -1.70. The van der Waals surface area contributed by atoms with Gasteiger partial charge in [-0.2, -0.15) is 17.6 Å². The number of aromatic nitrogens is 1. The van der Waals surface area contributed by atoms with E-state index in [1.807, 2.05) is 6.92 Å². The number of nitrogens with one attached hydrogen (secondary N) is 1. The molecule has 3 aromatic rings. The number of rotatable bonds is 6. The smallest absolute Gasteiger partial charge is 0.416 e. The van der Waals surface area contributed by atoms with Gasteiger partial charge in [0.05, 0.1) is 17.1 Å². The van der Waals surface area contributed by atoms with Crippen LogP contribution in [0.4, 0.5) is 23.4 Å². The Kier molecular flexibility index (Phi) is 6.69. The molecule has 33 heavy (non-hydrogen) atoms. The van der Waals surface area contributed by atoms with Crippen LogP contribution in [-0.4, -0.2) is 15.8 Å². The van der Waals surface area contributed by atoms with E-state index in [1.165, 1.54) is 24.3 Å². The minimum absolute atomic E-state index is 0.127. The van der Waals surface area contributed by atoms with Crippen molar-refractivity contribution in [3.05, 3.63) is 82.8 Å². The van der Waals surface area contributed by atoms with Crippen molar-refractivity contribution in [2.24, 2.45) is 0 Å². The molecule has 1 aliphatic heterocycles. The Bertz CT molecular complexity index is 1180. The van der Waals surface area contributed by atoms with Crippen LogP contribution in [0.25, 0.3) is 0 Å². The van der Waals surface area contributed by atoms with E-state index in [9.17, 15) is 21.8 Å². The zero-order valence-electron chi connectivity index (χ0n) is 17.8. The molecule has 0 saturated heterocycles. The van der Waals surface area contributed by atoms with Crippen LogP contribution in [0.5, 0.6) is 5.75 Å². The Morgan fingerprint density at radius 2 is 1.91 bits per heavy atom. The third-order valence-electron chi connectivity index (χ3n) is 5.52. The maximum Gasteiger partial charge on any atom is 0.416 e. The molecular formula is C24H22F4N2O2S. The molecule has 2 unspecified atom stereocenters. The maximum absolute atomic E-state index is 13.3. The SMILES string of the molecule is CCCc1cc(C(F)(F)F)ccc1C1CCOc2cc(S(=O)Nc3cccc(F)n3)ccc21. The second-order valence-electron chi connectivity index (χ2n) is 7.77. The Labute approximate surface area is 191 Å². The molecule has 0 bridgehead atoms. The highest BCUT2D eigenvalue weighted by atomic mass is 32.2. The number of nitrogens with zero attached hydrogens (tertiary/aromatic N) is 1. The van der Waals surface area contributed by atoms with E-state index in [-0.39, 0.29) is 11.7 Å². The lowest BCUT2D eigenvalue weighted by molar-refractivity contribution is -0.137. The predicted octanol–water partition coefficient (Wildman–Crippen LogP) is 6.24. The molecule has 0 saturated carbocycles. The van der Waals surface area contributed by atoms with Gasteiger partial charge in [0.15, 0.2) is 11.0 Å². The lowest BCUT2D eigenvalue weighted by Crippen LogP contribution is -2.18. The van der Waals surface area contributed by atoms with Gasteiger partial charge >= 0.3 is 6.18 Å². The molecule has 0 spiro atoms. The number of pyridine rings is 1. The average Bonchev–Trinajstić information content (AvgIpc) is 2.78. The molecule has 4 nitrogen and oxygen atoms in total. The normalized spacial score (nSPS) is 16.6. The summed E-state index contributed by atoms with van der Waals surface area (Å²) < 4.78 is 74.2. The number of aryl methyl sites for hydroxylation is 1. The van der Waals surface area contributed by atoms with E-state index in [0.717, 1.165) is 23.6 Å². The number of ether oxygens (including phenoxy) is 1. The van der Waals surface area contributed by atoms with Crippen molar-refractivity contribution >= 4 is 16.8 Å². The number of fused-ring (bicyclic) bond motifs is 1. The molecule has 174 valence electrons. The third kappa shape index (κ3) is 5.19. The van der Waals surface area contributed by atoms with Gasteiger partial charge in [0.25, 0.3) is 0 Å². The van der Waals surface area contributed by atoms with Crippen molar-refractivity contribution in [2.75, 3.05) is 11.3 Å². The number of benzene rings is 2. The molecule has 1 aromatic heterocycles. The summed E-state index contributed by atoms with van der Waals surface area (Å²) in [4.78, 5) is 4.07. The summed E-state index contributed by atoms with van der Waals surface area (Å²) in [5.74, 6) is -0.141. The molecule has 4 rings (SSSR count). The van der Waals surface area contributed by atoms with E-state index in [2.05, 4.69) is 9.71 Å². The van der Waals surface area contributed by atoms with Crippen LogP contribution in [0.15, 0.2) is 59.5 Å². The van der Waals surface area contributed by atoms with E-state index >= 15 is 0 Å². The minimum Gasteiger partial charge on any atom is -0.493 e. The Morgan fingerprint density at radius 1 is 1.12 bits per heavy atom. The van der Waals surface area contributed by atoms with E-state index in [1.54, 1.807) is 24.3 Å². The highest BCUT2D eigenvalue weighted by molar-refractivity contribution is 7.86. The van der Waals surface area contributed by atoms with E-state index in [4.69, 9.17) is 4.74 Å². The van der Waals surface area contributed by atoms with Crippen LogP contribution < -0.4 is 9.46 Å². The zero-order chi connectivity index (χ0) is 23.6.